The SMILES string of the molecule is Cc1cccc(C(=O)NC(C(=O)O)C2CCCCC2)c1C. The Morgan fingerprint density at radius 1 is 1.19 bits per heavy atom. The molecule has 0 heterocycles. The molecule has 1 aliphatic rings. The number of hydrogen-bond donors (Lipinski definition) is 2. The average Bonchev–Trinajstić information content (AvgIpc) is 2.48. The van der Waals surface area contributed by atoms with E-state index in [1.165, 1.54) is 0 Å². The van der Waals surface area contributed by atoms with Crippen molar-refractivity contribution in [2.45, 2.75) is 52.0 Å². The monoisotopic (exact) mass is 289 g/mol. The third kappa shape index (κ3) is 3.63. The van der Waals surface area contributed by atoms with E-state index in [1.54, 1.807) is 6.07 Å². The number of rotatable bonds is 4. The largest absolute Gasteiger partial charge is 0.480 e. The Morgan fingerprint density at radius 3 is 2.48 bits per heavy atom. The minimum atomic E-state index is -0.930. The van der Waals surface area contributed by atoms with Gasteiger partial charge in [-0.3, -0.25) is 4.79 Å². The Kier molecular flexibility index (Phi) is 4.99. The summed E-state index contributed by atoms with van der Waals surface area (Å²) in [6.07, 6.45) is 5.02. The lowest BCUT2D eigenvalue weighted by molar-refractivity contribution is -0.141. The highest BCUT2D eigenvalue weighted by Crippen LogP contribution is 2.27. The van der Waals surface area contributed by atoms with Gasteiger partial charge in [-0.2, -0.15) is 0 Å². The highest BCUT2D eigenvalue weighted by Gasteiger charge is 2.31. The van der Waals surface area contributed by atoms with Crippen molar-refractivity contribution in [1.29, 1.82) is 0 Å². The topological polar surface area (TPSA) is 66.4 Å². The number of carboxylic acids is 1. The summed E-state index contributed by atoms with van der Waals surface area (Å²) in [6.45, 7) is 3.84. The molecule has 0 aliphatic heterocycles. The standard InChI is InChI=1S/C17H23NO3/c1-11-7-6-10-14(12(11)2)16(19)18-15(17(20)21)13-8-4-3-5-9-13/h6-7,10,13,15H,3-5,8-9H2,1-2H3,(H,18,19)(H,20,21). The second-order valence-electron chi connectivity index (χ2n) is 5.93. The van der Waals surface area contributed by atoms with Crippen LogP contribution in [0.5, 0.6) is 0 Å². The van der Waals surface area contributed by atoms with Gasteiger partial charge in [0, 0.05) is 5.56 Å². The molecule has 2 N–H and O–H groups in total. The average molecular weight is 289 g/mol. The molecule has 1 fully saturated rings. The molecule has 1 aromatic carbocycles. The molecule has 2 rings (SSSR count). The van der Waals surface area contributed by atoms with Crippen LogP contribution in [0.15, 0.2) is 18.2 Å². The Balaban J connectivity index is 2.14. The molecular formula is C17H23NO3. The van der Waals surface area contributed by atoms with Gasteiger partial charge in [-0.05, 0) is 49.8 Å². The maximum atomic E-state index is 12.4. The number of nitrogens with one attached hydrogen (secondary N) is 1. The van der Waals surface area contributed by atoms with Crippen molar-refractivity contribution in [1.82, 2.24) is 5.32 Å². The van der Waals surface area contributed by atoms with E-state index in [2.05, 4.69) is 5.32 Å². The minimum absolute atomic E-state index is 0.0466. The summed E-state index contributed by atoms with van der Waals surface area (Å²) in [5.74, 6) is -1.17. The van der Waals surface area contributed by atoms with E-state index in [0.717, 1.165) is 43.2 Å². The lowest BCUT2D eigenvalue weighted by Crippen LogP contribution is -2.46. The third-order valence-corrected chi connectivity index (χ3v) is 4.52. The predicted molar refractivity (Wildman–Crippen MR) is 81.4 cm³/mol. The molecule has 1 aromatic rings. The molecule has 0 aromatic heterocycles. The summed E-state index contributed by atoms with van der Waals surface area (Å²) >= 11 is 0. The molecule has 0 bridgehead atoms. The predicted octanol–water partition coefficient (Wildman–Crippen LogP) is 3.07. The molecule has 0 spiro atoms. The van der Waals surface area contributed by atoms with Crippen molar-refractivity contribution in [3.63, 3.8) is 0 Å². The summed E-state index contributed by atoms with van der Waals surface area (Å²) in [5.41, 5.74) is 2.51. The molecule has 21 heavy (non-hydrogen) atoms. The maximum Gasteiger partial charge on any atom is 0.326 e. The van der Waals surface area contributed by atoms with Crippen molar-refractivity contribution >= 4 is 11.9 Å². The third-order valence-electron chi connectivity index (χ3n) is 4.52. The zero-order valence-electron chi connectivity index (χ0n) is 12.7. The molecule has 1 saturated carbocycles. The summed E-state index contributed by atoms with van der Waals surface area (Å²) < 4.78 is 0. The van der Waals surface area contributed by atoms with E-state index >= 15 is 0 Å². The van der Waals surface area contributed by atoms with Crippen LogP contribution in [-0.4, -0.2) is 23.0 Å². The van der Waals surface area contributed by atoms with Gasteiger partial charge in [0.15, 0.2) is 0 Å². The molecule has 1 aliphatic carbocycles. The van der Waals surface area contributed by atoms with Crippen LogP contribution in [0.3, 0.4) is 0 Å². The van der Waals surface area contributed by atoms with Crippen molar-refractivity contribution in [2.75, 3.05) is 0 Å². The summed E-state index contributed by atoms with van der Waals surface area (Å²) in [6, 6.07) is 4.74. The van der Waals surface area contributed by atoms with Crippen LogP contribution in [0, 0.1) is 19.8 Å². The molecule has 4 heteroatoms. The fourth-order valence-electron chi connectivity index (χ4n) is 3.06. The Morgan fingerprint density at radius 2 is 1.86 bits per heavy atom. The summed E-state index contributed by atoms with van der Waals surface area (Å²) in [5, 5.41) is 12.2. The molecular weight excluding hydrogens is 266 g/mol. The van der Waals surface area contributed by atoms with Crippen molar-refractivity contribution in [3.05, 3.63) is 34.9 Å². The first-order valence-corrected chi connectivity index (χ1v) is 7.60. The smallest absolute Gasteiger partial charge is 0.326 e. The fraction of sp³-hybridized carbons (Fsp3) is 0.529. The van der Waals surface area contributed by atoms with E-state index in [0.29, 0.717) is 5.56 Å². The first-order chi connectivity index (χ1) is 10.0. The van der Waals surface area contributed by atoms with E-state index in [-0.39, 0.29) is 11.8 Å². The van der Waals surface area contributed by atoms with Gasteiger partial charge in [-0.15, -0.1) is 0 Å². The van der Waals surface area contributed by atoms with Gasteiger partial charge in [0.1, 0.15) is 6.04 Å². The Labute approximate surface area is 125 Å². The Hall–Kier alpha value is -1.84. The van der Waals surface area contributed by atoms with Gasteiger partial charge in [0.2, 0.25) is 0 Å². The Bertz CT molecular complexity index is 533. The van der Waals surface area contributed by atoms with Gasteiger partial charge < -0.3 is 10.4 Å². The molecule has 1 atom stereocenters. The first kappa shape index (κ1) is 15.5. The first-order valence-electron chi connectivity index (χ1n) is 7.60. The number of hydrogen-bond acceptors (Lipinski definition) is 2. The van der Waals surface area contributed by atoms with E-state index in [1.807, 2.05) is 26.0 Å². The van der Waals surface area contributed by atoms with E-state index in [9.17, 15) is 14.7 Å². The van der Waals surface area contributed by atoms with Crippen LogP contribution >= 0.6 is 0 Å². The van der Waals surface area contributed by atoms with Crippen LogP contribution in [0.4, 0.5) is 0 Å². The molecule has 114 valence electrons. The van der Waals surface area contributed by atoms with Crippen LogP contribution in [0.25, 0.3) is 0 Å². The molecule has 0 radical (unpaired) electrons. The van der Waals surface area contributed by atoms with Crippen LogP contribution in [-0.2, 0) is 4.79 Å². The molecule has 1 unspecified atom stereocenters. The van der Waals surface area contributed by atoms with Crippen LogP contribution in [0.2, 0.25) is 0 Å². The van der Waals surface area contributed by atoms with Crippen LogP contribution < -0.4 is 5.32 Å². The van der Waals surface area contributed by atoms with E-state index < -0.39 is 12.0 Å². The number of carbonyl (C=O) groups is 2. The van der Waals surface area contributed by atoms with Crippen LogP contribution in [0.1, 0.15) is 53.6 Å². The normalized spacial score (nSPS) is 17.2. The van der Waals surface area contributed by atoms with Crippen molar-refractivity contribution in [2.24, 2.45) is 5.92 Å². The number of benzene rings is 1. The van der Waals surface area contributed by atoms with Gasteiger partial charge in [-0.1, -0.05) is 31.4 Å². The summed E-state index contributed by atoms with van der Waals surface area (Å²) in [4.78, 5) is 23.9. The highest BCUT2D eigenvalue weighted by molar-refractivity contribution is 5.98. The molecule has 0 saturated heterocycles. The maximum absolute atomic E-state index is 12.4. The number of carboxylic acid groups (broad SMARTS) is 1. The molecule has 4 nitrogen and oxygen atoms in total. The van der Waals surface area contributed by atoms with Gasteiger partial charge in [0.25, 0.3) is 5.91 Å². The van der Waals surface area contributed by atoms with Gasteiger partial charge >= 0.3 is 5.97 Å². The second kappa shape index (κ2) is 6.74. The highest BCUT2D eigenvalue weighted by atomic mass is 16.4. The van der Waals surface area contributed by atoms with E-state index in [4.69, 9.17) is 0 Å². The second-order valence-corrected chi connectivity index (χ2v) is 5.93. The van der Waals surface area contributed by atoms with Gasteiger partial charge in [-0.25, -0.2) is 4.79 Å². The fourth-order valence-corrected chi connectivity index (χ4v) is 3.06. The number of aliphatic carboxylic acids is 1. The zero-order valence-corrected chi connectivity index (χ0v) is 12.7. The lowest BCUT2D eigenvalue weighted by Gasteiger charge is -2.28. The van der Waals surface area contributed by atoms with Crippen molar-refractivity contribution < 1.29 is 14.7 Å². The minimum Gasteiger partial charge on any atom is -0.480 e. The van der Waals surface area contributed by atoms with Gasteiger partial charge in [0.05, 0.1) is 0 Å². The number of aryl methyl sites for hydroxylation is 1. The number of amides is 1. The lowest BCUT2D eigenvalue weighted by atomic mass is 9.83. The number of carbonyl (C=O) groups excluding carboxylic acids is 1. The summed E-state index contributed by atoms with van der Waals surface area (Å²) in [7, 11) is 0. The van der Waals surface area contributed by atoms with Crippen molar-refractivity contribution in [3.8, 4) is 0 Å². The quantitative estimate of drug-likeness (QED) is 0.895. The molecule has 1 amide bonds. The zero-order chi connectivity index (χ0) is 15.4.